The largest absolute Gasteiger partial charge is 0.481 e. The zero-order chi connectivity index (χ0) is 30.6. The molecule has 39 heavy (non-hydrogen) atoms. The van der Waals surface area contributed by atoms with Gasteiger partial charge in [-0.1, -0.05) is 69.9 Å². The molecule has 3 N–H and O–H groups in total. The van der Waals surface area contributed by atoms with Gasteiger partial charge < -0.3 is 15.3 Å². The predicted molar refractivity (Wildman–Crippen MR) is 168 cm³/mol. The van der Waals surface area contributed by atoms with Gasteiger partial charge >= 0.3 is 5.97 Å². The Hall–Kier alpha value is -2.66. The normalized spacial score (nSPS) is 11.9. The molecule has 0 saturated carbocycles. The molecule has 0 aromatic rings. The minimum atomic E-state index is -0.833. The van der Waals surface area contributed by atoms with Crippen LogP contribution in [0.2, 0.25) is 0 Å². The average molecular weight is 547 g/mol. The molecule has 0 spiro atoms. The van der Waals surface area contributed by atoms with E-state index in [4.69, 9.17) is 20.1 Å². The highest BCUT2D eigenvalue weighted by Gasteiger charge is 1.95. The van der Waals surface area contributed by atoms with E-state index in [1.807, 2.05) is 12.2 Å². The van der Waals surface area contributed by atoms with Gasteiger partial charge in [0.2, 0.25) is 0 Å². The molecule has 0 atom stereocenters. The van der Waals surface area contributed by atoms with Crippen LogP contribution in [0.15, 0.2) is 69.9 Å². The van der Waals surface area contributed by atoms with E-state index in [2.05, 4.69) is 79.7 Å². The van der Waals surface area contributed by atoms with Crippen molar-refractivity contribution in [3.05, 3.63) is 69.9 Å². The van der Waals surface area contributed by atoms with Gasteiger partial charge in [0.15, 0.2) is 0 Å². The van der Waals surface area contributed by atoms with E-state index in [0.29, 0.717) is 6.42 Å². The Bertz CT molecular complexity index is 839. The molecule has 0 amide bonds. The number of aliphatic carboxylic acids is 2. The first-order valence-corrected chi connectivity index (χ1v) is 14.1. The summed E-state index contributed by atoms with van der Waals surface area (Å²) in [4.78, 5) is 19.4. The molecule has 0 aliphatic carbocycles. The van der Waals surface area contributed by atoms with Crippen LogP contribution < -0.4 is 0 Å². The number of aliphatic hydroxyl groups excluding tert-OH is 1. The fourth-order valence-electron chi connectivity index (χ4n) is 3.28. The monoisotopic (exact) mass is 546 g/mol. The maximum Gasteiger partial charge on any atom is 0.303 e. The second-order valence-corrected chi connectivity index (χ2v) is 10.6. The topological polar surface area (TPSA) is 94.8 Å². The van der Waals surface area contributed by atoms with Crippen molar-refractivity contribution in [2.75, 3.05) is 6.61 Å². The van der Waals surface area contributed by atoms with Gasteiger partial charge in [0, 0.05) is 13.3 Å². The molecule has 0 radical (unpaired) electrons. The zero-order valence-electron chi connectivity index (χ0n) is 26.4. The smallest absolute Gasteiger partial charge is 0.303 e. The van der Waals surface area contributed by atoms with E-state index >= 15 is 0 Å². The van der Waals surface area contributed by atoms with Gasteiger partial charge in [-0.15, -0.1) is 0 Å². The third-order valence-corrected chi connectivity index (χ3v) is 5.54. The van der Waals surface area contributed by atoms with Gasteiger partial charge in [-0.05, 0) is 113 Å². The van der Waals surface area contributed by atoms with Crippen molar-refractivity contribution in [2.24, 2.45) is 0 Å². The summed E-state index contributed by atoms with van der Waals surface area (Å²) in [5.41, 5.74) is 8.25. The van der Waals surface area contributed by atoms with E-state index in [1.54, 1.807) is 0 Å². The van der Waals surface area contributed by atoms with Gasteiger partial charge in [-0.25, -0.2) is 0 Å². The Kier molecular flexibility index (Phi) is 29.7. The fraction of sp³-hybridized carbons (Fsp3) is 0.588. The van der Waals surface area contributed by atoms with Crippen LogP contribution in [-0.4, -0.2) is 33.9 Å². The Morgan fingerprint density at radius 3 is 0.974 bits per heavy atom. The first-order valence-electron chi connectivity index (χ1n) is 14.1. The Morgan fingerprint density at radius 2 is 0.718 bits per heavy atom. The van der Waals surface area contributed by atoms with Crippen LogP contribution in [0.1, 0.15) is 127 Å². The van der Waals surface area contributed by atoms with Crippen LogP contribution in [-0.2, 0) is 9.59 Å². The zero-order valence-corrected chi connectivity index (χ0v) is 26.4. The predicted octanol–water partition coefficient (Wildman–Crippen LogP) is 9.76. The lowest BCUT2D eigenvalue weighted by Crippen LogP contribution is -1.92. The summed E-state index contributed by atoms with van der Waals surface area (Å²) < 4.78 is 0. The fourth-order valence-corrected chi connectivity index (χ4v) is 3.28. The quantitative estimate of drug-likeness (QED) is 0.167. The van der Waals surface area contributed by atoms with Crippen molar-refractivity contribution >= 4 is 11.9 Å². The van der Waals surface area contributed by atoms with Gasteiger partial charge in [0.1, 0.15) is 0 Å². The number of carbonyl (C=O) groups is 2. The lowest BCUT2D eigenvalue weighted by molar-refractivity contribution is -0.137. The van der Waals surface area contributed by atoms with Crippen molar-refractivity contribution < 1.29 is 24.9 Å². The van der Waals surface area contributed by atoms with E-state index in [9.17, 15) is 4.79 Å². The van der Waals surface area contributed by atoms with Crippen LogP contribution in [0.25, 0.3) is 0 Å². The number of carboxylic acid groups (broad SMARTS) is 2. The Labute approximate surface area is 239 Å². The second-order valence-electron chi connectivity index (χ2n) is 10.6. The van der Waals surface area contributed by atoms with E-state index in [-0.39, 0.29) is 13.0 Å². The maximum atomic E-state index is 10.4. The first-order chi connectivity index (χ1) is 18.2. The van der Waals surface area contributed by atoms with Crippen molar-refractivity contribution in [1.29, 1.82) is 0 Å². The lowest BCUT2D eigenvalue weighted by Gasteiger charge is -2.01. The highest BCUT2D eigenvalue weighted by atomic mass is 16.4. The molecular formula is C34H58O5. The third-order valence-electron chi connectivity index (χ3n) is 5.54. The van der Waals surface area contributed by atoms with Gasteiger partial charge in [0.25, 0.3) is 5.97 Å². The molecule has 224 valence electrons. The highest BCUT2D eigenvalue weighted by molar-refractivity contribution is 5.66. The number of carboxylic acids is 2. The molecule has 5 nitrogen and oxygen atoms in total. The number of hydrogen-bond donors (Lipinski definition) is 3. The molecule has 0 saturated heterocycles. The Balaban J connectivity index is -0.000000590. The van der Waals surface area contributed by atoms with Crippen molar-refractivity contribution in [1.82, 2.24) is 0 Å². The summed E-state index contributed by atoms with van der Waals surface area (Å²) in [5.74, 6) is -1.56. The molecule has 5 heteroatoms. The summed E-state index contributed by atoms with van der Waals surface area (Å²) in [6.45, 7) is 18.3. The van der Waals surface area contributed by atoms with Gasteiger partial charge in [-0.2, -0.15) is 0 Å². The van der Waals surface area contributed by atoms with E-state index < -0.39 is 11.9 Å². The van der Waals surface area contributed by atoms with Crippen LogP contribution in [0.5, 0.6) is 0 Å². The number of aliphatic hydroxyl groups is 1. The minimum Gasteiger partial charge on any atom is -0.481 e. The van der Waals surface area contributed by atoms with Crippen LogP contribution in [0, 0.1) is 0 Å². The molecule has 0 fully saturated rings. The molecule has 0 aromatic carbocycles. The standard InChI is InChI=1S/C17H28O2.C15H26O.C2H4O2/c1-14(2)8-5-9-15(3)10-6-11-16(4)12-7-13-17(18)19;1-13(2)7-5-8-14(3)9-6-10-15(4)11-12-16;1-2(3)4/h8,10,12H,5-7,9,11,13H2,1-4H3,(H,18,19);7,9,11,16H,5-6,8,10,12H2,1-4H3;1H3,(H,3,4)/b15-10+,16-12+;;. The van der Waals surface area contributed by atoms with Gasteiger partial charge in [-0.3, -0.25) is 9.59 Å². The van der Waals surface area contributed by atoms with Crippen molar-refractivity contribution in [3.63, 3.8) is 0 Å². The number of hydrogen-bond acceptors (Lipinski definition) is 3. The summed E-state index contributed by atoms with van der Waals surface area (Å²) in [6.07, 6.45) is 22.8. The van der Waals surface area contributed by atoms with Crippen LogP contribution in [0.4, 0.5) is 0 Å². The molecule has 0 aliphatic rings. The summed E-state index contributed by atoms with van der Waals surface area (Å²) in [6, 6.07) is 0. The van der Waals surface area contributed by atoms with E-state index in [0.717, 1.165) is 58.3 Å². The average Bonchev–Trinajstić information content (AvgIpc) is 2.78. The summed E-state index contributed by atoms with van der Waals surface area (Å²) in [5, 5.41) is 24.7. The van der Waals surface area contributed by atoms with Gasteiger partial charge in [0.05, 0.1) is 6.61 Å². The molecular weight excluding hydrogens is 488 g/mol. The summed E-state index contributed by atoms with van der Waals surface area (Å²) in [7, 11) is 0. The SMILES string of the molecule is CC(=O)O.CC(C)=CCC/C(C)=C/CC/C(C)=C/CCC(=O)O.CC(C)=CCCC(C)=CCCC(C)=CCO. The molecule has 0 bridgehead atoms. The number of rotatable bonds is 16. The molecule has 0 rings (SSSR count). The maximum absolute atomic E-state index is 10.4. The van der Waals surface area contributed by atoms with Crippen LogP contribution in [0.3, 0.4) is 0 Å². The third kappa shape index (κ3) is 42.7. The summed E-state index contributed by atoms with van der Waals surface area (Å²) >= 11 is 0. The van der Waals surface area contributed by atoms with Crippen molar-refractivity contribution in [2.45, 2.75) is 127 Å². The van der Waals surface area contributed by atoms with E-state index in [1.165, 1.54) is 33.4 Å². The highest BCUT2D eigenvalue weighted by Crippen LogP contribution is 2.13. The Morgan fingerprint density at radius 1 is 0.462 bits per heavy atom. The molecule has 0 aliphatic heterocycles. The molecule has 0 unspecified atom stereocenters. The lowest BCUT2D eigenvalue weighted by atomic mass is 10.1. The second kappa shape index (κ2) is 28.4. The molecule has 0 aromatic heterocycles. The van der Waals surface area contributed by atoms with Crippen molar-refractivity contribution in [3.8, 4) is 0 Å². The first kappa shape index (κ1) is 40.8. The number of allylic oxidation sites excluding steroid dienone is 11. The minimum absolute atomic E-state index is 0.162. The van der Waals surface area contributed by atoms with Crippen LogP contribution >= 0.6 is 0 Å². The molecule has 0 heterocycles.